The minimum absolute atomic E-state index is 0.0665. The van der Waals surface area contributed by atoms with E-state index in [1.165, 1.54) is 25.3 Å². The van der Waals surface area contributed by atoms with Crippen LogP contribution in [0.25, 0.3) is 11.0 Å². The highest BCUT2D eigenvalue weighted by molar-refractivity contribution is 6.05. The van der Waals surface area contributed by atoms with Crippen molar-refractivity contribution in [1.29, 1.82) is 0 Å². The van der Waals surface area contributed by atoms with E-state index < -0.39 is 10.8 Å². The zero-order valence-corrected chi connectivity index (χ0v) is 13.4. The van der Waals surface area contributed by atoms with Crippen LogP contribution in [-0.2, 0) is 0 Å². The topological polar surface area (TPSA) is 104 Å². The fourth-order valence-corrected chi connectivity index (χ4v) is 2.35. The first-order valence-electron chi connectivity index (χ1n) is 7.23. The van der Waals surface area contributed by atoms with Crippen molar-refractivity contribution in [2.24, 2.45) is 0 Å². The number of amides is 1. The number of carbonyl (C=O) groups excluding carboxylic acids is 1. The first-order valence-corrected chi connectivity index (χ1v) is 7.23. The Bertz CT molecular complexity index is 963. The van der Waals surface area contributed by atoms with Crippen molar-refractivity contribution in [3.05, 3.63) is 58.3 Å². The molecule has 0 atom stereocenters. The van der Waals surface area contributed by atoms with Crippen LogP contribution < -0.4 is 14.8 Å². The Labute approximate surface area is 142 Å². The molecule has 2 aromatic carbocycles. The summed E-state index contributed by atoms with van der Waals surface area (Å²) in [4.78, 5) is 22.8. The number of nitrogens with one attached hydrogen (secondary N) is 1. The lowest BCUT2D eigenvalue weighted by molar-refractivity contribution is -0.384. The van der Waals surface area contributed by atoms with E-state index in [2.05, 4.69) is 5.32 Å². The second-order valence-corrected chi connectivity index (χ2v) is 5.11. The van der Waals surface area contributed by atoms with E-state index in [1.807, 2.05) is 0 Å². The van der Waals surface area contributed by atoms with Gasteiger partial charge in [0.1, 0.15) is 17.1 Å². The van der Waals surface area contributed by atoms with Gasteiger partial charge in [-0.05, 0) is 30.3 Å². The largest absolute Gasteiger partial charge is 0.497 e. The van der Waals surface area contributed by atoms with Gasteiger partial charge < -0.3 is 19.2 Å². The van der Waals surface area contributed by atoms with E-state index >= 15 is 0 Å². The SMILES string of the molecule is COc1ccc2oc(C(=O)Nc3cc([N+](=O)[O-])ccc3OC)cc2c1. The van der Waals surface area contributed by atoms with Crippen LogP contribution in [0.15, 0.2) is 46.9 Å². The third kappa shape index (κ3) is 3.23. The lowest BCUT2D eigenvalue weighted by Gasteiger charge is -2.08. The minimum Gasteiger partial charge on any atom is -0.497 e. The van der Waals surface area contributed by atoms with Crippen LogP contribution in [0.4, 0.5) is 11.4 Å². The number of ether oxygens (including phenoxy) is 2. The summed E-state index contributed by atoms with van der Waals surface area (Å²) < 4.78 is 15.8. The second-order valence-electron chi connectivity index (χ2n) is 5.11. The van der Waals surface area contributed by atoms with Crippen LogP contribution in [0.1, 0.15) is 10.6 Å². The fraction of sp³-hybridized carbons (Fsp3) is 0.118. The highest BCUT2D eigenvalue weighted by atomic mass is 16.6. The molecule has 0 spiro atoms. The summed E-state index contributed by atoms with van der Waals surface area (Å²) in [6, 6.07) is 10.7. The van der Waals surface area contributed by atoms with E-state index in [0.717, 1.165) is 0 Å². The fourth-order valence-electron chi connectivity index (χ4n) is 2.35. The summed E-state index contributed by atoms with van der Waals surface area (Å²) in [5.74, 6) is 0.461. The average Bonchev–Trinajstić information content (AvgIpc) is 3.04. The molecule has 3 rings (SSSR count). The van der Waals surface area contributed by atoms with Gasteiger partial charge in [0.2, 0.25) is 0 Å². The van der Waals surface area contributed by atoms with E-state index in [1.54, 1.807) is 31.4 Å². The number of methoxy groups -OCH3 is 2. The molecule has 1 amide bonds. The quantitative estimate of drug-likeness (QED) is 0.561. The van der Waals surface area contributed by atoms with E-state index in [0.29, 0.717) is 22.5 Å². The summed E-state index contributed by atoms with van der Waals surface area (Å²) >= 11 is 0. The summed E-state index contributed by atoms with van der Waals surface area (Å²) in [5, 5.41) is 14.2. The van der Waals surface area contributed by atoms with Gasteiger partial charge in [0, 0.05) is 17.5 Å². The zero-order chi connectivity index (χ0) is 18.0. The Kier molecular flexibility index (Phi) is 4.25. The van der Waals surface area contributed by atoms with Crippen LogP contribution in [0.5, 0.6) is 11.5 Å². The van der Waals surface area contributed by atoms with Gasteiger partial charge in [0.05, 0.1) is 24.8 Å². The Morgan fingerprint density at radius 3 is 2.60 bits per heavy atom. The first-order chi connectivity index (χ1) is 12.0. The third-order valence-corrected chi connectivity index (χ3v) is 3.59. The average molecular weight is 342 g/mol. The number of rotatable bonds is 5. The lowest BCUT2D eigenvalue weighted by Crippen LogP contribution is -2.12. The molecule has 3 aromatic rings. The van der Waals surface area contributed by atoms with Gasteiger partial charge in [-0.2, -0.15) is 0 Å². The van der Waals surface area contributed by atoms with E-state index in [-0.39, 0.29) is 17.1 Å². The predicted octanol–water partition coefficient (Wildman–Crippen LogP) is 3.61. The van der Waals surface area contributed by atoms with Crippen molar-refractivity contribution in [3.8, 4) is 11.5 Å². The molecule has 0 aliphatic heterocycles. The highest BCUT2D eigenvalue weighted by Crippen LogP contribution is 2.30. The third-order valence-electron chi connectivity index (χ3n) is 3.59. The Morgan fingerprint density at radius 2 is 1.92 bits per heavy atom. The number of benzene rings is 2. The maximum Gasteiger partial charge on any atom is 0.291 e. The van der Waals surface area contributed by atoms with Gasteiger partial charge in [0.15, 0.2) is 5.76 Å². The molecule has 0 bridgehead atoms. The molecule has 8 heteroatoms. The van der Waals surface area contributed by atoms with Crippen molar-refractivity contribution < 1.29 is 23.6 Å². The van der Waals surface area contributed by atoms with Gasteiger partial charge in [-0.25, -0.2) is 0 Å². The standard InChI is InChI=1S/C17H14N2O6/c1-23-12-4-6-14-10(7-12)8-16(25-14)17(20)18-13-9-11(19(21)22)3-5-15(13)24-2/h3-9H,1-2H3,(H,18,20). The lowest BCUT2D eigenvalue weighted by atomic mass is 10.2. The highest BCUT2D eigenvalue weighted by Gasteiger charge is 2.17. The molecular weight excluding hydrogens is 328 g/mol. The molecular formula is C17H14N2O6. The van der Waals surface area contributed by atoms with Crippen LogP contribution in [0.3, 0.4) is 0 Å². The van der Waals surface area contributed by atoms with Crippen molar-refractivity contribution in [3.63, 3.8) is 0 Å². The number of nitro groups is 1. The summed E-state index contributed by atoms with van der Waals surface area (Å²) in [5.41, 5.74) is 0.544. The summed E-state index contributed by atoms with van der Waals surface area (Å²) in [7, 11) is 2.95. The maximum atomic E-state index is 12.4. The minimum atomic E-state index is -0.553. The molecule has 8 nitrogen and oxygen atoms in total. The van der Waals surface area contributed by atoms with Crippen LogP contribution in [0.2, 0.25) is 0 Å². The van der Waals surface area contributed by atoms with Gasteiger partial charge in [0.25, 0.3) is 11.6 Å². The van der Waals surface area contributed by atoms with Gasteiger partial charge >= 0.3 is 0 Å². The smallest absolute Gasteiger partial charge is 0.291 e. The molecule has 1 heterocycles. The molecule has 25 heavy (non-hydrogen) atoms. The second kappa shape index (κ2) is 6.52. The molecule has 128 valence electrons. The summed E-state index contributed by atoms with van der Waals surface area (Å²) in [6.07, 6.45) is 0. The van der Waals surface area contributed by atoms with Crippen LogP contribution in [0, 0.1) is 10.1 Å². The van der Waals surface area contributed by atoms with E-state index in [4.69, 9.17) is 13.9 Å². The predicted molar refractivity (Wildman–Crippen MR) is 90.4 cm³/mol. The van der Waals surface area contributed by atoms with Crippen molar-refractivity contribution in [1.82, 2.24) is 0 Å². The first kappa shape index (κ1) is 16.3. The van der Waals surface area contributed by atoms with Crippen LogP contribution >= 0.6 is 0 Å². The molecule has 1 N–H and O–H groups in total. The van der Waals surface area contributed by atoms with Gasteiger partial charge in [-0.3, -0.25) is 14.9 Å². The number of anilines is 1. The van der Waals surface area contributed by atoms with E-state index in [9.17, 15) is 14.9 Å². The molecule has 0 unspecified atom stereocenters. The van der Waals surface area contributed by atoms with Crippen molar-refractivity contribution >= 4 is 28.3 Å². The Balaban J connectivity index is 1.91. The van der Waals surface area contributed by atoms with Crippen LogP contribution in [-0.4, -0.2) is 25.1 Å². The zero-order valence-electron chi connectivity index (χ0n) is 13.4. The van der Waals surface area contributed by atoms with Crippen molar-refractivity contribution in [2.45, 2.75) is 0 Å². The number of non-ortho nitro benzene ring substituents is 1. The molecule has 0 fully saturated rings. The Morgan fingerprint density at radius 1 is 1.12 bits per heavy atom. The molecule has 0 aliphatic rings. The number of hydrogen-bond donors (Lipinski definition) is 1. The monoisotopic (exact) mass is 342 g/mol. The molecule has 0 saturated carbocycles. The van der Waals surface area contributed by atoms with Crippen molar-refractivity contribution in [2.75, 3.05) is 19.5 Å². The number of hydrogen-bond acceptors (Lipinski definition) is 6. The van der Waals surface area contributed by atoms with Gasteiger partial charge in [-0.1, -0.05) is 0 Å². The molecule has 0 aliphatic carbocycles. The number of fused-ring (bicyclic) bond motifs is 1. The normalized spacial score (nSPS) is 10.5. The number of furan rings is 1. The molecule has 0 radical (unpaired) electrons. The molecule has 1 aromatic heterocycles. The Hall–Kier alpha value is -3.55. The molecule has 0 saturated heterocycles. The number of carbonyl (C=O) groups is 1. The number of nitro benzene ring substituents is 1. The maximum absolute atomic E-state index is 12.4. The number of nitrogens with zero attached hydrogens (tertiary/aromatic N) is 1. The summed E-state index contributed by atoms with van der Waals surface area (Å²) in [6.45, 7) is 0. The van der Waals surface area contributed by atoms with Gasteiger partial charge in [-0.15, -0.1) is 0 Å².